The van der Waals surface area contributed by atoms with E-state index >= 15 is 0 Å². The van der Waals surface area contributed by atoms with E-state index in [1.54, 1.807) is 32.2 Å². The van der Waals surface area contributed by atoms with Crippen molar-refractivity contribution in [3.05, 3.63) is 53.9 Å². The Morgan fingerprint density at radius 3 is 2.48 bits per heavy atom. The Kier molecular flexibility index (Phi) is 5.83. The number of carbonyl (C=O) groups excluding carboxylic acids is 1. The van der Waals surface area contributed by atoms with Gasteiger partial charge in [-0.1, -0.05) is 5.16 Å². The van der Waals surface area contributed by atoms with Gasteiger partial charge < -0.3 is 24.6 Å². The second-order valence-electron chi connectivity index (χ2n) is 5.53. The van der Waals surface area contributed by atoms with Crippen LogP contribution in [0.2, 0.25) is 0 Å². The normalized spacial score (nSPS) is 10.3. The van der Waals surface area contributed by atoms with Gasteiger partial charge in [0, 0.05) is 6.07 Å². The topological polar surface area (TPSA) is 111 Å². The van der Waals surface area contributed by atoms with Crippen LogP contribution in [0.1, 0.15) is 16.2 Å². The zero-order valence-corrected chi connectivity index (χ0v) is 14.9. The molecule has 0 aliphatic heterocycles. The minimum atomic E-state index is -0.412. The number of hydrogen-bond acceptors (Lipinski definition) is 8. The maximum absolute atomic E-state index is 12.1. The summed E-state index contributed by atoms with van der Waals surface area (Å²) in [4.78, 5) is 12.1. The molecule has 2 N–H and O–H groups in total. The minimum absolute atomic E-state index is 0.177. The molecule has 2 aromatic heterocycles. The van der Waals surface area contributed by atoms with E-state index in [0.717, 1.165) is 11.5 Å². The lowest BCUT2D eigenvalue weighted by atomic mass is 10.3. The van der Waals surface area contributed by atoms with Crippen LogP contribution in [-0.4, -0.2) is 41.5 Å². The monoisotopic (exact) mass is 369 g/mol. The highest BCUT2D eigenvalue weighted by Crippen LogP contribution is 2.16. The largest absolute Gasteiger partial charge is 0.497 e. The Hall–Kier alpha value is -3.62. The summed E-state index contributed by atoms with van der Waals surface area (Å²) < 4.78 is 15.6. The highest BCUT2D eigenvalue weighted by molar-refractivity contribution is 6.02. The predicted molar refractivity (Wildman–Crippen MR) is 98.2 cm³/mol. The molecule has 0 bridgehead atoms. The molecule has 0 radical (unpaired) electrons. The van der Waals surface area contributed by atoms with E-state index in [4.69, 9.17) is 14.0 Å². The third-order valence-corrected chi connectivity index (χ3v) is 3.50. The molecule has 0 unspecified atom stereocenters. The number of aromatic nitrogens is 3. The van der Waals surface area contributed by atoms with E-state index < -0.39 is 5.91 Å². The molecule has 1 amide bonds. The van der Waals surface area contributed by atoms with E-state index in [0.29, 0.717) is 30.5 Å². The molecule has 0 saturated heterocycles. The first-order chi connectivity index (χ1) is 13.1. The Morgan fingerprint density at radius 1 is 1.07 bits per heavy atom. The predicted octanol–water partition coefficient (Wildman–Crippen LogP) is 2.52. The number of ether oxygens (including phenoxy) is 2. The molecule has 0 fully saturated rings. The lowest BCUT2D eigenvalue weighted by molar-refractivity contribution is 0.102. The first-order valence-corrected chi connectivity index (χ1v) is 8.23. The molecule has 9 heteroatoms. The molecule has 3 aromatic rings. The molecule has 9 nitrogen and oxygen atoms in total. The van der Waals surface area contributed by atoms with Crippen molar-refractivity contribution in [1.29, 1.82) is 0 Å². The van der Waals surface area contributed by atoms with Crippen LogP contribution in [0.4, 0.5) is 11.6 Å². The van der Waals surface area contributed by atoms with E-state index in [1.165, 1.54) is 0 Å². The number of nitrogens with one attached hydrogen (secondary N) is 2. The summed E-state index contributed by atoms with van der Waals surface area (Å²) >= 11 is 0. The fourth-order valence-electron chi connectivity index (χ4n) is 2.17. The van der Waals surface area contributed by atoms with Crippen LogP contribution in [0.5, 0.6) is 11.5 Å². The molecule has 0 spiro atoms. The first kappa shape index (κ1) is 18.2. The highest BCUT2D eigenvalue weighted by atomic mass is 16.5. The maximum atomic E-state index is 12.1. The number of carbonyl (C=O) groups is 1. The zero-order chi connectivity index (χ0) is 19.1. The molecule has 0 atom stereocenters. The van der Waals surface area contributed by atoms with Gasteiger partial charge in [0.25, 0.3) is 5.91 Å². The summed E-state index contributed by atoms with van der Waals surface area (Å²) in [6, 6.07) is 12.2. The number of amides is 1. The van der Waals surface area contributed by atoms with E-state index in [9.17, 15) is 4.79 Å². The van der Waals surface area contributed by atoms with Gasteiger partial charge in [0.2, 0.25) is 0 Å². The number of aryl methyl sites for hydroxylation is 1. The van der Waals surface area contributed by atoms with Crippen LogP contribution in [0.3, 0.4) is 0 Å². The first-order valence-electron chi connectivity index (χ1n) is 8.23. The Morgan fingerprint density at radius 2 is 1.85 bits per heavy atom. The molecular weight excluding hydrogens is 350 g/mol. The quantitative estimate of drug-likeness (QED) is 0.583. The Bertz CT molecular complexity index is 878. The van der Waals surface area contributed by atoms with Crippen LogP contribution >= 0.6 is 0 Å². The lowest BCUT2D eigenvalue weighted by Gasteiger charge is -2.08. The van der Waals surface area contributed by atoms with Gasteiger partial charge in [-0.15, -0.1) is 10.2 Å². The van der Waals surface area contributed by atoms with Gasteiger partial charge in [0.05, 0.1) is 13.7 Å². The number of nitrogens with zero attached hydrogens (tertiary/aromatic N) is 3. The van der Waals surface area contributed by atoms with Gasteiger partial charge in [-0.25, -0.2) is 0 Å². The fraction of sp³-hybridized carbons (Fsp3) is 0.222. The summed E-state index contributed by atoms with van der Waals surface area (Å²) in [6.07, 6.45) is 0. The molecule has 3 rings (SSSR count). The van der Waals surface area contributed by atoms with Crippen molar-refractivity contribution >= 4 is 17.5 Å². The zero-order valence-electron chi connectivity index (χ0n) is 14.9. The summed E-state index contributed by atoms with van der Waals surface area (Å²) in [5.41, 5.74) is 0.177. The molecule has 0 saturated carbocycles. The number of anilines is 2. The standard InChI is InChI=1S/C18H19N5O4/c1-12-11-17(23-27-12)20-18(24)15-7-8-16(22-21-15)19-9-10-26-14-5-3-13(25-2)4-6-14/h3-8,11H,9-10H2,1-2H3,(H,19,22)(H,20,23,24). The second-order valence-corrected chi connectivity index (χ2v) is 5.53. The van der Waals surface area contributed by atoms with Crippen LogP contribution in [0.25, 0.3) is 0 Å². The summed E-state index contributed by atoms with van der Waals surface area (Å²) in [5, 5.41) is 17.2. The lowest BCUT2D eigenvalue weighted by Crippen LogP contribution is -2.16. The molecular formula is C18H19N5O4. The summed E-state index contributed by atoms with van der Waals surface area (Å²) in [6.45, 7) is 2.72. The number of methoxy groups -OCH3 is 1. The van der Waals surface area contributed by atoms with Crippen molar-refractivity contribution in [3.63, 3.8) is 0 Å². The highest BCUT2D eigenvalue weighted by Gasteiger charge is 2.11. The van der Waals surface area contributed by atoms with Crippen molar-refractivity contribution in [3.8, 4) is 11.5 Å². The maximum Gasteiger partial charge on any atom is 0.277 e. The van der Waals surface area contributed by atoms with Crippen molar-refractivity contribution < 1.29 is 18.8 Å². The Labute approximate surface area is 155 Å². The molecule has 0 aliphatic carbocycles. The van der Waals surface area contributed by atoms with Gasteiger partial charge in [0.15, 0.2) is 11.5 Å². The van der Waals surface area contributed by atoms with Gasteiger partial charge in [-0.3, -0.25) is 4.79 Å². The summed E-state index contributed by atoms with van der Waals surface area (Å²) in [7, 11) is 1.62. The van der Waals surface area contributed by atoms with Crippen LogP contribution in [-0.2, 0) is 0 Å². The van der Waals surface area contributed by atoms with Crippen LogP contribution < -0.4 is 20.1 Å². The van der Waals surface area contributed by atoms with Crippen LogP contribution in [0, 0.1) is 6.92 Å². The number of hydrogen-bond donors (Lipinski definition) is 2. The van der Waals surface area contributed by atoms with Gasteiger partial charge in [-0.2, -0.15) is 0 Å². The number of benzene rings is 1. The van der Waals surface area contributed by atoms with E-state index in [-0.39, 0.29) is 5.69 Å². The van der Waals surface area contributed by atoms with E-state index in [2.05, 4.69) is 26.0 Å². The van der Waals surface area contributed by atoms with Gasteiger partial charge in [-0.05, 0) is 43.3 Å². The van der Waals surface area contributed by atoms with Crippen molar-refractivity contribution in [2.24, 2.45) is 0 Å². The van der Waals surface area contributed by atoms with Crippen LogP contribution in [0.15, 0.2) is 47.0 Å². The van der Waals surface area contributed by atoms with Crippen molar-refractivity contribution in [1.82, 2.24) is 15.4 Å². The van der Waals surface area contributed by atoms with Gasteiger partial charge >= 0.3 is 0 Å². The van der Waals surface area contributed by atoms with Crippen molar-refractivity contribution in [2.45, 2.75) is 6.92 Å². The summed E-state index contributed by atoms with van der Waals surface area (Å²) in [5.74, 6) is 2.59. The van der Waals surface area contributed by atoms with E-state index in [1.807, 2.05) is 24.3 Å². The third kappa shape index (κ3) is 5.18. The average molecular weight is 369 g/mol. The molecule has 1 aromatic carbocycles. The van der Waals surface area contributed by atoms with Gasteiger partial charge in [0.1, 0.15) is 29.7 Å². The molecule has 0 aliphatic rings. The third-order valence-electron chi connectivity index (χ3n) is 3.50. The van der Waals surface area contributed by atoms with Crippen molar-refractivity contribution in [2.75, 3.05) is 30.9 Å². The fourth-order valence-corrected chi connectivity index (χ4v) is 2.17. The molecule has 2 heterocycles. The SMILES string of the molecule is COc1ccc(OCCNc2ccc(C(=O)Nc3cc(C)on3)nn2)cc1. The molecule has 27 heavy (non-hydrogen) atoms. The average Bonchev–Trinajstić information content (AvgIpc) is 3.10. The minimum Gasteiger partial charge on any atom is -0.497 e. The molecule has 140 valence electrons. The Balaban J connectivity index is 1.43. The smallest absolute Gasteiger partial charge is 0.277 e. The number of rotatable bonds is 8. The second kappa shape index (κ2) is 8.65.